The predicted molar refractivity (Wildman–Crippen MR) is 71.0 cm³/mol. The summed E-state index contributed by atoms with van der Waals surface area (Å²) in [5, 5.41) is 9.52. The van der Waals surface area contributed by atoms with Crippen LogP contribution >= 0.6 is 0 Å². The van der Waals surface area contributed by atoms with E-state index in [-0.39, 0.29) is 11.0 Å². The summed E-state index contributed by atoms with van der Waals surface area (Å²) in [6.07, 6.45) is 5.64. The molecule has 1 aromatic rings. The molecule has 17 heavy (non-hydrogen) atoms. The monoisotopic (exact) mass is 233 g/mol. The van der Waals surface area contributed by atoms with E-state index in [1.54, 1.807) is 6.07 Å². The van der Waals surface area contributed by atoms with Crippen LogP contribution in [0.2, 0.25) is 0 Å². The second-order valence-electron chi connectivity index (χ2n) is 6.09. The zero-order chi connectivity index (χ0) is 12.5. The van der Waals surface area contributed by atoms with Gasteiger partial charge in [-0.05, 0) is 42.4 Å². The number of benzene rings is 1. The third-order valence-corrected chi connectivity index (χ3v) is 4.45. The molecule has 2 heteroatoms. The van der Waals surface area contributed by atoms with Gasteiger partial charge in [0, 0.05) is 5.54 Å². The van der Waals surface area contributed by atoms with E-state index in [1.807, 2.05) is 12.1 Å². The average Bonchev–Trinajstić information content (AvgIpc) is 2.23. The number of rotatable bonds is 2. The van der Waals surface area contributed by atoms with Crippen molar-refractivity contribution in [1.29, 1.82) is 0 Å². The summed E-state index contributed by atoms with van der Waals surface area (Å²) in [6, 6.07) is 7.49. The first-order chi connectivity index (χ1) is 7.93. The number of hydrogen-bond donors (Lipinski definition) is 2. The molecule has 1 aromatic carbocycles. The molecule has 1 saturated carbocycles. The van der Waals surface area contributed by atoms with Gasteiger partial charge in [-0.1, -0.05) is 38.8 Å². The Morgan fingerprint density at radius 2 is 1.94 bits per heavy atom. The first-order valence-corrected chi connectivity index (χ1v) is 6.50. The van der Waals surface area contributed by atoms with Crippen molar-refractivity contribution in [3.63, 3.8) is 0 Å². The molecule has 2 rings (SSSR count). The molecule has 0 bridgehead atoms. The van der Waals surface area contributed by atoms with Crippen LogP contribution in [0.4, 0.5) is 0 Å². The van der Waals surface area contributed by atoms with Gasteiger partial charge in [0.25, 0.3) is 0 Å². The maximum Gasteiger partial charge on any atom is 0.115 e. The van der Waals surface area contributed by atoms with E-state index in [0.717, 1.165) is 18.4 Å². The molecule has 1 unspecified atom stereocenters. The lowest BCUT2D eigenvalue weighted by atomic mass is 9.61. The Kier molecular flexibility index (Phi) is 3.17. The van der Waals surface area contributed by atoms with Crippen LogP contribution in [0.15, 0.2) is 24.3 Å². The van der Waals surface area contributed by atoms with Crippen LogP contribution in [0.25, 0.3) is 0 Å². The van der Waals surface area contributed by atoms with Crippen LogP contribution < -0.4 is 5.73 Å². The zero-order valence-electron chi connectivity index (χ0n) is 10.9. The molecule has 1 atom stereocenters. The van der Waals surface area contributed by atoms with E-state index >= 15 is 0 Å². The Morgan fingerprint density at radius 1 is 1.24 bits per heavy atom. The van der Waals surface area contributed by atoms with E-state index in [1.165, 1.54) is 19.3 Å². The van der Waals surface area contributed by atoms with Crippen molar-refractivity contribution in [1.82, 2.24) is 0 Å². The Labute approximate surface area is 104 Å². The molecule has 0 aromatic heterocycles. The summed E-state index contributed by atoms with van der Waals surface area (Å²) in [6.45, 7) is 4.55. The van der Waals surface area contributed by atoms with E-state index in [0.29, 0.717) is 5.75 Å². The SMILES string of the molecule is CC1(C)CCCCC1(N)Cc1cccc(O)c1. The Bertz CT molecular complexity index is 400. The van der Waals surface area contributed by atoms with Gasteiger partial charge in [0.2, 0.25) is 0 Å². The third-order valence-electron chi connectivity index (χ3n) is 4.45. The van der Waals surface area contributed by atoms with Crippen molar-refractivity contribution in [2.45, 2.75) is 51.5 Å². The molecule has 2 nitrogen and oxygen atoms in total. The molecule has 0 radical (unpaired) electrons. The molecule has 0 amide bonds. The maximum absolute atomic E-state index is 9.52. The van der Waals surface area contributed by atoms with Crippen LogP contribution in [0.3, 0.4) is 0 Å². The predicted octanol–water partition coefficient (Wildman–Crippen LogP) is 3.23. The molecule has 0 heterocycles. The van der Waals surface area contributed by atoms with Gasteiger partial charge in [-0.25, -0.2) is 0 Å². The number of nitrogens with two attached hydrogens (primary N) is 1. The summed E-state index contributed by atoms with van der Waals surface area (Å²) in [4.78, 5) is 0. The quantitative estimate of drug-likeness (QED) is 0.823. The van der Waals surface area contributed by atoms with Gasteiger partial charge in [0.05, 0.1) is 0 Å². The van der Waals surface area contributed by atoms with Crippen molar-refractivity contribution < 1.29 is 5.11 Å². The molecule has 3 N–H and O–H groups in total. The Balaban J connectivity index is 2.21. The average molecular weight is 233 g/mol. The molecule has 0 saturated heterocycles. The second-order valence-corrected chi connectivity index (χ2v) is 6.09. The molecule has 1 aliphatic rings. The normalized spacial score (nSPS) is 27.9. The van der Waals surface area contributed by atoms with Crippen molar-refractivity contribution in [3.8, 4) is 5.75 Å². The fourth-order valence-corrected chi connectivity index (χ4v) is 2.95. The third kappa shape index (κ3) is 2.47. The topological polar surface area (TPSA) is 46.2 Å². The second kappa shape index (κ2) is 4.34. The fourth-order valence-electron chi connectivity index (χ4n) is 2.95. The first kappa shape index (κ1) is 12.4. The van der Waals surface area contributed by atoms with Crippen molar-refractivity contribution in [2.24, 2.45) is 11.1 Å². The van der Waals surface area contributed by atoms with Gasteiger partial charge in [-0.2, -0.15) is 0 Å². The standard InChI is InChI=1S/C15H23NO/c1-14(2)8-3-4-9-15(14,16)11-12-6-5-7-13(17)10-12/h5-7,10,17H,3-4,8-9,11,16H2,1-2H3. The minimum absolute atomic E-state index is 0.140. The minimum Gasteiger partial charge on any atom is -0.508 e. The summed E-state index contributed by atoms with van der Waals surface area (Å²) >= 11 is 0. The van der Waals surface area contributed by atoms with Crippen molar-refractivity contribution in [3.05, 3.63) is 29.8 Å². The number of phenolic OH excluding ortho intramolecular Hbond substituents is 1. The van der Waals surface area contributed by atoms with E-state index < -0.39 is 0 Å². The van der Waals surface area contributed by atoms with Crippen LogP contribution in [-0.2, 0) is 6.42 Å². The molecule has 1 fully saturated rings. The summed E-state index contributed by atoms with van der Waals surface area (Å²) in [5.41, 5.74) is 7.82. The highest BCUT2D eigenvalue weighted by molar-refractivity contribution is 5.29. The number of hydrogen-bond acceptors (Lipinski definition) is 2. The molecular formula is C15H23NO. The van der Waals surface area contributed by atoms with Gasteiger partial charge in [0.15, 0.2) is 0 Å². The van der Waals surface area contributed by atoms with Gasteiger partial charge in [0.1, 0.15) is 5.75 Å². The largest absolute Gasteiger partial charge is 0.508 e. The van der Waals surface area contributed by atoms with Crippen molar-refractivity contribution in [2.75, 3.05) is 0 Å². The van der Waals surface area contributed by atoms with Gasteiger partial charge < -0.3 is 10.8 Å². The van der Waals surface area contributed by atoms with Gasteiger partial charge in [-0.15, -0.1) is 0 Å². The highest BCUT2D eigenvalue weighted by Gasteiger charge is 2.43. The van der Waals surface area contributed by atoms with Gasteiger partial charge >= 0.3 is 0 Å². The maximum atomic E-state index is 9.52. The zero-order valence-corrected chi connectivity index (χ0v) is 10.9. The highest BCUT2D eigenvalue weighted by atomic mass is 16.3. The highest BCUT2D eigenvalue weighted by Crippen LogP contribution is 2.44. The number of aromatic hydroxyl groups is 1. The lowest BCUT2D eigenvalue weighted by Gasteiger charge is -2.48. The van der Waals surface area contributed by atoms with E-state index in [4.69, 9.17) is 5.73 Å². The smallest absolute Gasteiger partial charge is 0.115 e. The molecule has 0 aliphatic heterocycles. The summed E-state index contributed by atoms with van der Waals surface area (Å²) < 4.78 is 0. The fraction of sp³-hybridized carbons (Fsp3) is 0.600. The van der Waals surface area contributed by atoms with E-state index in [9.17, 15) is 5.11 Å². The molecule has 0 spiro atoms. The van der Waals surface area contributed by atoms with Crippen LogP contribution in [0.5, 0.6) is 5.75 Å². The molecule has 94 valence electrons. The van der Waals surface area contributed by atoms with Crippen LogP contribution in [0, 0.1) is 5.41 Å². The Morgan fingerprint density at radius 3 is 2.59 bits per heavy atom. The lowest BCUT2D eigenvalue weighted by molar-refractivity contribution is 0.0990. The number of phenols is 1. The van der Waals surface area contributed by atoms with E-state index in [2.05, 4.69) is 19.9 Å². The van der Waals surface area contributed by atoms with Crippen LogP contribution in [0.1, 0.15) is 45.1 Å². The van der Waals surface area contributed by atoms with Crippen molar-refractivity contribution >= 4 is 0 Å². The van der Waals surface area contributed by atoms with Crippen LogP contribution in [-0.4, -0.2) is 10.6 Å². The minimum atomic E-state index is -0.140. The Hall–Kier alpha value is -1.02. The summed E-state index contributed by atoms with van der Waals surface area (Å²) in [7, 11) is 0. The van der Waals surface area contributed by atoms with Gasteiger partial charge in [-0.3, -0.25) is 0 Å². The summed E-state index contributed by atoms with van der Waals surface area (Å²) in [5.74, 6) is 0.333. The molecular weight excluding hydrogens is 210 g/mol. The first-order valence-electron chi connectivity index (χ1n) is 6.50. The lowest BCUT2D eigenvalue weighted by Crippen LogP contribution is -2.56. The molecule has 1 aliphatic carbocycles.